The van der Waals surface area contributed by atoms with Crippen molar-refractivity contribution in [3.05, 3.63) is 56.2 Å². The van der Waals surface area contributed by atoms with E-state index in [-0.39, 0.29) is 0 Å². The van der Waals surface area contributed by atoms with Gasteiger partial charge in [-0.2, -0.15) is 0 Å². The highest BCUT2D eigenvalue weighted by atomic mass is 79.9. The Kier molecular flexibility index (Phi) is 3.88. The molecule has 6 heteroatoms. The molecule has 0 saturated carbocycles. The molecule has 3 N–H and O–H groups in total. The second kappa shape index (κ2) is 5.22. The fourth-order valence-electron chi connectivity index (χ4n) is 1.57. The van der Waals surface area contributed by atoms with Gasteiger partial charge in [0.15, 0.2) is 0 Å². The molecule has 0 saturated heterocycles. The van der Waals surface area contributed by atoms with E-state index < -0.39 is 17.7 Å². The fraction of sp³-hybridized carbons (Fsp3) is 0.0909. The molecule has 0 aliphatic heterocycles. The summed E-state index contributed by atoms with van der Waals surface area (Å²) < 4.78 is 27.2. The molecule has 0 aliphatic carbocycles. The predicted octanol–water partition coefficient (Wildman–Crippen LogP) is 3.34. The van der Waals surface area contributed by atoms with Gasteiger partial charge in [-0.1, -0.05) is 0 Å². The first-order chi connectivity index (χ1) is 8.10. The quantitative estimate of drug-likeness (QED) is 0.673. The molecule has 0 fully saturated rings. The Labute approximate surface area is 110 Å². The number of nitrogens with two attached hydrogens (primary N) is 1. The molecule has 0 amide bonds. The number of hydrogen-bond acceptors (Lipinski definition) is 3. The molecule has 0 spiro atoms. The highest BCUT2D eigenvalue weighted by Crippen LogP contribution is 2.31. The minimum absolute atomic E-state index is 0.420. The first kappa shape index (κ1) is 12.6. The van der Waals surface area contributed by atoms with Gasteiger partial charge in [0.05, 0.1) is 9.83 Å². The predicted molar refractivity (Wildman–Crippen MR) is 67.5 cm³/mol. The molecule has 0 bridgehead atoms. The summed E-state index contributed by atoms with van der Waals surface area (Å²) in [5.74, 6) is 4.21. The normalized spacial score (nSPS) is 12.7. The molecule has 1 heterocycles. The summed E-state index contributed by atoms with van der Waals surface area (Å²) in [6, 6.07) is 6.66. The second-order valence-corrected chi connectivity index (χ2v) is 5.94. The zero-order valence-corrected chi connectivity index (χ0v) is 11.0. The van der Waals surface area contributed by atoms with E-state index in [2.05, 4.69) is 21.4 Å². The molecule has 1 atom stereocenters. The molecular weight excluding hydrogens is 310 g/mol. The Bertz CT molecular complexity index is 510. The van der Waals surface area contributed by atoms with Crippen LogP contribution in [0.3, 0.4) is 0 Å². The Hall–Kier alpha value is -0.820. The Morgan fingerprint density at radius 2 is 1.82 bits per heavy atom. The summed E-state index contributed by atoms with van der Waals surface area (Å²) >= 11 is 4.79. The van der Waals surface area contributed by atoms with Crippen LogP contribution in [0.25, 0.3) is 0 Å². The van der Waals surface area contributed by atoms with Crippen molar-refractivity contribution in [3.63, 3.8) is 0 Å². The standard InChI is InChI=1S/C11H9BrF2N2S/c12-10-2-1-9(17-10)11(16-15)6-3-7(13)5-8(14)4-6/h1-5,11,16H,15H2. The van der Waals surface area contributed by atoms with E-state index in [9.17, 15) is 8.78 Å². The van der Waals surface area contributed by atoms with Crippen molar-refractivity contribution >= 4 is 27.3 Å². The third-order valence-electron chi connectivity index (χ3n) is 2.26. The molecule has 0 radical (unpaired) electrons. The molecule has 2 rings (SSSR count). The van der Waals surface area contributed by atoms with E-state index in [0.717, 1.165) is 14.7 Å². The third kappa shape index (κ3) is 2.90. The van der Waals surface area contributed by atoms with Gasteiger partial charge in [-0.25, -0.2) is 14.2 Å². The van der Waals surface area contributed by atoms with Crippen molar-refractivity contribution < 1.29 is 8.78 Å². The van der Waals surface area contributed by atoms with E-state index in [4.69, 9.17) is 5.84 Å². The van der Waals surface area contributed by atoms with Gasteiger partial charge in [-0.15, -0.1) is 11.3 Å². The maximum Gasteiger partial charge on any atom is 0.126 e. The highest BCUT2D eigenvalue weighted by Gasteiger charge is 2.16. The summed E-state index contributed by atoms with van der Waals surface area (Å²) in [6.07, 6.45) is 0. The van der Waals surface area contributed by atoms with Crippen molar-refractivity contribution in [1.29, 1.82) is 0 Å². The topological polar surface area (TPSA) is 38.0 Å². The number of thiophene rings is 1. The van der Waals surface area contributed by atoms with E-state index in [1.54, 1.807) is 0 Å². The summed E-state index contributed by atoms with van der Waals surface area (Å²) in [4.78, 5) is 0.879. The lowest BCUT2D eigenvalue weighted by Gasteiger charge is -2.14. The number of hydrazine groups is 1. The number of rotatable bonds is 3. The van der Waals surface area contributed by atoms with Crippen LogP contribution in [0.2, 0.25) is 0 Å². The minimum atomic E-state index is -0.615. The molecule has 17 heavy (non-hydrogen) atoms. The smallest absolute Gasteiger partial charge is 0.126 e. The maximum absolute atomic E-state index is 13.1. The average Bonchev–Trinajstić information content (AvgIpc) is 2.64. The van der Waals surface area contributed by atoms with Crippen LogP contribution in [0.15, 0.2) is 34.1 Å². The van der Waals surface area contributed by atoms with Crippen molar-refractivity contribution in [2.75, 3.05) is 0 Å². The van der Waals surface area contributed by atoms with Gasteiger partial charge in [0.2, 0.25) is 0 Å². The molecular formula is C11H9BrF2N2S. The Morgan fingerprint density at radius 3 is 2.29 bits per heavy atom. The van der Waals surface area contributed by atoms with Gasteiger partial charge in [0, 0.05) is 10.9 Å². The van der Waals surface area contributed by atoms with Crippen molar-refractivity contribution in [2.45, 2.75) is 6.04 Å². The zero-order valence-electron chi connectivity index (χ0n) is 8.58. The lowest BCUT2D eigenvalue weighted by molar-refractivity contribution is 0.567. The second-order valence-electron chi connectivity index (χ2n) is 3.44. The summed E-state index contributed by atoms with van der Waals surface area (Å²) in [5, 5.41) is 0. The summed E-state index contributed by atoms with van der Waals surface area (Å²) in [6.45, 7) is 0. The largest absolute Gasteiger partial charge is 0.271 e. The van der Waals surface area contributed by atoms with Crippen molar-refractivity contribution in [1.82, 2.24) is 5.43 Å². The molecule has 1 unspecified atom stereocenters. The monoisotopic (exact) mass is 318 g/mol. The van der Waals surface area contributed by atoms with Crippen LogP contribution in [0.5, 0.6) is 0 Å². The average molecular weight is 319 g/mol. The number of benzene rings is 1. The van der Waals surface area contributed by atoms with E-state index >= 15 is 0 Å². The summed E-state index contributed by atoms with van der Waals surface area (Å²) in [5.41, 5.74) is 3.02. The van der Waals surface area contributed by atoms with Gasteiger partial charge in [0.1, 0.15) is 11.6 Å². The van der Waals surface area contributed by atoms with E-state index in [0.29, 0.717) is 5.56 Å². The summed E-state index contributed by atoms with van der Waals surface area (Å²) in [7, 11) is 0. The Morgan fingerprint density at radius 1 is 1.18 bits per heavy atom. The molecule has 1 aromatic heterocycles. The van der Waals surface area contributed by atoms with Gasteiger partial charge in [0.25, 0.3) is 0 Å². The molecule has 2 aromatic rings. The molecule has 0 aliphatic rings. The Balaban J connectivity index is 2.41. The first-order valence-corrected chi connectivity index (χ1v) is 6.38. The van der Waals surface area contributed by atoms with Gasteiger partial charge in [-0.3, -0.25) is 5.84 Å². The van der Waals surface area contributed by atoms with Crippen LogP contribution in [0.4, 0.5) is 8.78 Å². The van der Waals surface area contributed by atoms with Gasteiger partial charge in [-0.05, 0) is 45.8 Å². The first-order valence-electron chi connectivity index (χ1n) is 4.77. The number of halogens is 3. The lowest BCUT2D eigenvalue weighted by atomic mass is 10.1. The van der Waals surface area contributed by atoms with Crippen LogP contribution in [0, 0.1) is 11.6 Å². The minimum Gasteiger partial charge on any atom is -0.271 e. The SMILES string of the molecule is NNC(c1cc(F)cc(F)c1)c1ccc(Br)s1. The van der Waals surface area contributed by atoms with Crippen LogP contribution < -0.4 is 11.3 Å². The van der Waals surface area contributed by atoms with Crippen molar-refractivity contribution in [2.24, 2.45) is 5.84 Å². The lowest BCUT2D eigenvalue weighted by Crippen LogP contribution is -2.28. The van der Waals surface area contributed by atoms with E-state index in [1.165, 1.54) is 23.5 Å². The number of hydrogen-bond donors (Lipinski definition) is 2. The molecule has 1 aromatic carbocycles. The van der Waals surface area contributed by atoms with Crippen LogP contribution in [0.1, 0.15) is 16.5 Å². The van der Waals surface area contributed by atoms with Crippen LogP contribution in [-0.2, 0) is 0 Å². The van der Waals surface area contributed by atoms with E-state index in [1.807, 2.05) is 12.1 Å². The zero-order chi connectivity index (χ0) is 12.4. The van der Waals surface area contributed by atoms with Gasteiger partial charge >= 0.3 is 0 Å². The number of nitrogens with one attached hydrogen (secondary N) is 1. The van der Waals surface area contributed by atoms with Crippen molar-refractivity contribution in [3.8, 4) is 0 Å². The van der Waals surface area contributed by atoms with Gasteiger partial charge < -0.3 is 0 Å². The van der Waals surface area contributed by atoms with Crippen LogP contribution in [-0.4, -0.2) is 0 Å². The fourth-order valence-corrected chi connectivity index (χ4v) is 3.08. The molecule has 2 nitrogen and oxygen atoms in total. The third-order valence-corrected chi connectivity index (χ3v) is 3.95. The maximum atomic E-state index is 13.1. The van der Waals surface area contributed by atoms with Crippen LogP contribution >= 0.6 is 27.3 Å². The molecule has 90 valence electrons. The highest BCUT2D eigenvalue weighted by molar-refractivity contribution is 9.11.